The number of hydrogen-bond acceptors (Lipinski definition) is 6. The Labute approximate surface area is 121 Å². The topological polar surface area (TPSA) is 132 Å². The van der Waals surface area contributed by atoms with E-state index >= 15 is 0 Å². The molecule has 2 heterocycles. The molecule has 4 N–H and O–H groups in total. The lowest BCUT2D eigenvalue weighted by Gasteiger charge is -2.22. The number of rotatable bonds is 6. The van der Waals surface area contributed by atoms with Crippen molar-refractivity contribution in [1.29, 1.82) is 0 Å². The Morgan fingerprint density at radius 1 is 1.52 bits per heavy atom. The molecule has 2 rings (SSSR count). The molecule has 0 radical (unpaired) electrons. The van der Waals surface area contributed by atoms with Gasteiger partial charge in [0.05, 0.1) is 5.69 Å². The molecule has 1 saturated heterocycles. The van der Waals surface area contributed by atoms with E-state index in [-0.39, 0.29) is 24.9 Å². The highest BCUT2D eigenvalue weighted by Gasteiger charge is 2.17. The summed E-state index contributed by atoms with van der Waals surface area (Å²) in [6.07, 6.45) is 3.23. The predicted octanol–water partition coefficient (Wildman–Crippen LogP) is -1.47. The SMILES string of the molecule is NC(Cc1cn(CC(=O)NC2CCOCC2)nn1)C(=O)O. The van der Waals surface area contributed by atoms with Gasteiger partial charge in [0.1, 0.15) is 12.6 Å². The number of aromatic nitrogens is 3. The van der Waals surface area contributed by atoms with E-state index in [1.165, 1.54) is 10.9 Å². The molecule has 1 aromatic heterocycles. The van der Waals surface area contributed by atoms with E-state index in [4.69, 9.17) is 15.6 Å². The molecule has 9 heteroatoms. The van der Waals surface area contributed by atoms with Gasteiger partial charge in [0.2, 0.25) is 5.91 Å². The molecule has 0 aliphatic carbocycles. The molecule has 1 atom stereocenters. The Kier molecular flexibility index (Phi) is 5.23. The lowest BCUT2D eigenvalue weighted by Crippen LogP contribution is -2.40. The van der Waals surface area contributed by atoms with Crippen molar-refractivity contribution in [3.8, 4) is 0 Å². The molecule has 1 aromatic rings. The quantitative estimate of drug-likeness (QED) is 0.583. The number of aliphatic carboxylic acids is 1. The van der Waals surface area contributed by atoms with Crippen LogP contribution in [0.4, 0.5) is 0 Å². The molecule has 0 spiro atoms. The molecule has 1 fully saturated rings. The van der Waals surface area contributed by atoms with Crippen LogP contribution in [0.1, 0.15) is 18.5 Å². The molecule has 0 aromatic carbocycles. The summed E-state index contributed by atoms with van der Waals surface area (Å²) in [5, 5.41) is 19.2. The third-order valence-electron chi connectivity index (χ3n) is 3.22. The maximum absolute atomic E-state index is 11.9. The van der Waals surface area contributed by atoms with Gasteiger partial charge in [-0.15, -0.1) is 5.10 Å². The smallest absolute Gasteiger partial charge is 0.320 e. The van der Waals surface area contributed by atoms with Gasteiger partial charge in [-0.2, -0.15) is 0 Å². The van der Waals surface area contributed by atoms with Crippen LogP contribution in [0.5, 0.6) is 0 Å². The number of carboxylic acid groups (broad SMARTS) is 1. The molecule has 0 bridgehead atoms. The summed E-state index contributed by atoms with van der Waals surface area (Å²) in [5.74, 6) is -1.25. The van der Waals surface area contributed by atoms with Gasteiger partial charge in [0, 0.05) is 31.9 Å². The Morgan fingerprint density at radius 2 is 2.24 bits per heavy atom. The molecule has 1 aliphatic rings. The lowest BCUT2D eigenvalue weighted by atomic mass is 10.1. The monoisotopic (exact) mass is 297 g/mol. The molecule has 116 valence electrons. The zero-order valence-electron chi connectivity index (χ0n) is 11.6. The van der Waals surface area contributed by atoms with Crippen LogP contribution in [-0.2, 0) is 27.3 Å². The summed E-state index contributed by atoms with van der Waals surface area (Å²) < 4.78 is 6.59. The third kappa shape index (κ3) is 4.80. The summed E-state index contributed by atoms with van der Waals surface area (Å²) in [5.41, 5.74) is 5.86. The van der Waals surface area contributed by atoms with Gasteiger partial charge in [-0.25, -0.2) is 4.68 Å². The zero-order chi connectivity index (χ0) is 15.2. The first-order valence-corrected chi connectivity index (χ1v) is 6.79. The van der Waals surface area contributed by atoms with Gasteiger partial charge >= 0.3 is 5.97 Å². The maximum Gasteiger partial charge on any atom is 0.320 e. The zero-order valence-corrected chi connectivity index (χ0v) is 11.6. The van der Waals surface area contributed by atoms with Crippen LogP contribution in [0.25, 0.3) is 0 Å². The Balaban J connectivity index is 1.81. The van der Waals surface area contributed by atoms with Gasteiger partial charge < -0.3 is 20.9 Å². The second-order valence-electron chi connectivity index (χ2n) is 5.01. The molecule has 21 heavy (non-hydrogen) atoms. The van der Waals surface area contributed by atoms with E-state index in [9.17, 15) is 9.59 Å². The average molecular weight is 297 g/mol. The first-order valence-electron chi connectivity index (χ1n) is 6.79. The van der Waals surface area contributed by atoms with E-state index in [2.05, 4.69) is 15.6 Å². The number of ether oxygens (including phenoxy) is 1. The fourth-order valence-corrected chi connectivity index (χ4v) is 2.08. The summed E-state index contributed by atoms with van der Waals surface area (Å²) in [4.78, 5) is 22.5. The predicted molar refractivity (Wildman–Crippen MR) is 71.3 cm³/mol. The highest BCUT2D eigenvalue weighted by molar-refractivity contribution is 5.76. The van der Waals surface area contributed by atoms with Crippen LogP contribution in [0.3, 0.4) is 0 Å². The minimum Gasteiger partial charge on any atom is -0.480 e. The van der Waals surface area contributed by atoms with Crippen molar-refractivity contribution < 1.29 is 19.4 Å². The standard InChI is InChI=1S/C12H19N5O4/c13-10(12(19)20)5-9-6-17(16-15-9)7-11(18)14-8-1-3-21-4-2-8/h6,8,10H,1-5,7,13H2,(H,14,18)(H,19,20). The van der Waals surface area contributed by atoms with Crippen LogP contribution >= 0.6 is 0 Å². The first-order chi connectivity index (χ1) is 10.0. The van der Waals surface area contributed by atoms with Crippen molar-refractivity contribution in [3.05, 3.63) is 11.9 Å². The largest absolute Gasteiger partial charge is 0.480 e. The van der Waals surface area contributed by atoms with Crippen LogP contribution in [0.2, 0.25) is 0 Å². The van der Waals surface area contributed by atoms with Crippen molar-refractivity contribution in [2.45, 2.75) is 37.9 Å². The fourth-order valence-electron chi connectivity index (χ4n) is 2.08. The van der Waals surface area contributed by atoms with Gasteiger partial charge in [0.15, 0.2) is 0 Å². The summed E-state index contributed by atoms with van der Waals surface area (Å²) in [7, 11) is 0. The minimum absolute atomic E-state index is 0.0483. The van der Waals surface area contributed by atoms with Gasteiger partial charge in [-0.05, 0) is 12.8 Å². The van der Waals surface area contributed by atoms with E-state index in [1.807, 2.05) is 0 Å². The second-order valence-corrected chi connectivity index (χ2v) is 5.01. The van der Waals surface area contributed by atoms with Crippen molar-refractivity contribution in [2.24, 2.45) is 5.73 Å². The second kappa shape index (κ2) is 7.14. The number of nitrogens with two attached hydrogens (primary N) is 1. The highest BCUT2D eigenvalue weighted by atomic mass is 16.5. The molecule has 1 unspecified atom stereocenters. The van der Waals surface area contributed by atoms with Crippen molar-refractivity contribution in [3.63, 3.8) is 0 Å². The number of nitrogens with zero attached hydrogens (tertiary/aromatic N) is 3. The lowest BCUT2D eigenvalue weighted by molar-refractivity contribution is -0.138. The molecule has 1 aliphatic heterocycles. The number of carbonyl (C=O) groups is 2. The maximum atomic E-state index is 11.9. The summed E-state index contributed by atoms with van der Waals surface area (Å²) in [6.45, 7) is 1.36. The third-order valence-corrected chi connectivity index (χ3v) is 3.22. The van der Waals surface area contributed by atoms with Crippen LogP contribution in [0.15, 0.2) is 6.20 Å². The van der Waals surface area contributed by atoms with Crippen LogP contribution < -0.4 is 11.1 Å². The number of carbonyl (C=O) groups excluding carboxylic acids is 1. The number of hydrogen-bond donors (Lipinski definition) is 3. The average Bonchev–Trinajstić information content (AvgIpc) is 2.86. The molecule has 0 saturated carbocycles. The van der Waals surface area contributed by atoms with E-state index in [1.54, 1.807) is 0 Å². The minimum atomic E-state index is -1.10. The van der Waals surface area contributed by atoms with Gasteiger partial charge in [0.25, 0.3) is 0 Å². The van der Waals surface area contributed by atoms with Gasteiger partial charge in [-0.3, -0.25) is 9.59 Å². The summed E-state index contributed by atoms with van der Waals surface area (Å²) in [6, 6.07) is -0.888. The van der Waals surface area contributed by atoms with Crippen molar-refractivity contribution in [2.75, 3.05) is 13.2 Å². The van der Waals surface area contributed by atoms with Gasteiger partial charge in [-0.1, -0.05) is 5.21 Å². The Hall–Kier alpha value is -2.00. The van der Waals surface area contributed by atoms with Crippen molar-refractivity contribution in [1.82, 2.24) is 20.3 Å². The summed E-state index contributed by atoms with van der Waals surface area (Å²) >= 11 is 0. The normalized spacial score (nSPS) is 17.4. The highest BCUT2D eigenvalue weighted by Crippen LogP contribution is 2.06. The van der Waals surface area contributed by atoms with E-state index < -0.39 is 12.0 Å². The Morgan fingerprint density at radius 3 is 2.90 bits per heavy atom. The fraction of sp³-hybridized carbons (Fsp3) is 0.667. The number of amides is 1. The Bertz CT molecular complexity index is 498. The number of nitrogens with one attached hydrogen (secondary N) is 1. The van der Waals surface area contributed by atoms with E-state index in [0.717, 1.165) is 12.8 Å². The molecule has 1 amide bonds. The molecule has 9 nitrogen and oxygen atoms in total. The molecular formula is C12H19N5O4. The number of carboxylic acids is 1. The van der Waals surface area contributed by atoms with Crippen molar-refractivity contribution >= 4 is 11.9 Å². The van der Waals surface area contributed by atoms with Crippen LogP contribution in [0, 0.1) is 0 Å². The molecular weight excluding hydrogens is 278 g/mol. The van der Waals surface area contributed by atoms with Crippen LogP contribution in [-0.4, -0.2) is 57.3 Å². The first kappa shape index (κ1) is 15.4. The van der Waals surface area contributed by atoms with E-state index in [0.29, 0.717) is 18.9 Å².